The highest BCUT2D eigenvalue weighted by Gasteiger charge is 2.60. The van der Waals surface area contributed by atoms with Gasteiger partial charge in [-0.15, -0.1) is 0 Å². The lowest BCUT2D eigenvalue weighted by Crippen LogP contribution is -2.23. The number of hydrogen-bond donors (Lipinski definition) is 0. The molecule has 1 aliphatic heterocycles. The smallest absolute Gasteiger partial charge is 0.309 e. The summed E-state index contributed by atoms with van der Waals surface area (Å²) in [6.45, 7) is 6.21. The number of ether oxygens (including phenoxy) is 1. The van der Waals surface area contributed by atoms with Crippen LogP contribution in [-0.2, 0) is 9.53 Å². The van der Waals surface area contributed by atoms with Crippen molar-refractivity contribution in [2.24, 2.45) is 23.7 Å². The lowest BCUT2D eigenvalue weighted by atomic mass is 9.81. The van der Waals surface area contributed by atoms with Crippen LogP contribution in [0.25, 0.3) is 0 Å². The normalized spacial score (nSPS) is 50.1. The molecule has 3 fully saturated rings. The number of fused-ring (bicyclic) bond motifs is 1. The minimum atomic E-state index is 0.0903. The van der Waals surface area contributed by atoms with Crippen molar-refractivity contribution < 1.29 is 9.53 Å². The molecular formula is C11H18O2. The molecule has 2 aliphatic carbocycles. The van der Waals surface area contributed by atoms with Crippen LogP contribution < -0.4 is 0 Å². The molecule has 0 spiro atoms. The van der Waals surface area contributed by atoms with Gasteiger partial charge in [-0.25, -0.2) is 0 Å². The maximum atomic E-state index is 11.3. The second-order valence-corrected chi connectivity index (χ2v) is 4.26. The fourth-order valence-electron chi connectivity index (χ4n) is 3.31. The van der Waals surface area contributed by atoms with Crippen LogP contribution in [0.1, 0.15) is 33.6 Å². The van der Waals surface area contributed by atoms with Crippen molar-refractivity contribution in [3.05, 3.63) is 0 Å². The number of rotatable bonds is 0. The second kappa shape index (κ2) is 3.00. The van der Waals surface area contributed by atoms with Crippen molar-refractivity contribution in [2.45, 2.75) is 39.7 Å². The molecule has 5 unspecified atom stereocenters. The number of hydrogen-bond acceptors (Lipinski definition) is 2. The Labute approximate surface area is 79.7 Å². The van der Waals surface area contributed by atoms with Gasteiger partial charge in [0.1, 0.15) is 6.10 Å². The molecule has 2 heteroatoms. The van der Waals surface area contributed by atoms with Crippen LogP contribution >= 0.6 is 0 Å². The van der Waals surface area contributed by atoms with Crippen LogP contribution in [-0.4, -0.2) is 12.1 Å². The largest absolute Gasteiger partial charge is 0.462 e. The molecule has 1 saturated heterocycles. The zero-order valence-electron chi connectivity index (χ0n) is 8.62. The van der Waals surface area contributed by atoms with Crippen molar-refractivity contribution in [1.29, 1.82) is 0 Å². The van der Waals surface area contributed by atoms with Gasteiger partial charge in [0.05, 0.1) is 5.92 Å². The molecule has 3 rings (SSSR count). The summed E-state index contributed by atoms with van der Waals surface area (Å²) in [6.07, 6.45) is 2.71. The van der Waals surface area contributed by atoms with Gasteiger partial charge in [-0.2, -0.15) is 0 Å². The minimum absolute atomic E-state index is 0.0903. The van der Waals surface area contributed by atoms with E-state index in [1.54, 1.807) is 0 Å². The van der Waals surface area contributed by atoms with E-state index in [2.05, 4.69) is 6.92 Å². The molecule has 3 aliphatic rings. The van der Waals surface area contributed by atoms with Crippen LogP contribution in [0.2, 0.25) is 0 Å². The molecule has 2 nitrogen and oxygen atoms in total. The van der Waals surface area contributed by atoms with E-state index >= 15 is 0 Å². The van der Waals surface area contributed by atoms with E-state index in [4.69, 9.17) is 4.74 Å². The maximum absolute atomic E-state index is 11.3. The van der Waals surface area contributed by atoms with Crippen LogP contribution in [0.5, 0.6) is 0 Å². The van der Waals surface area contributed by atoms with Gasteiger partial charge < -0.3 is 4.74 Å². The van der Waals surface area contributed by atoms with E-state index in [9.17, 15) is 4.79 Å². The summed E-state index contributed by atoms with van der Waals surface area (Å²) >= 11 is 0. The van der Waals surface area contributed by atoms with Crippen molar-refractivity contribution in [2.75, 3.05) is 0 Å². The van der Waals surface area contributed by atoms with E-state index in [0.717, 1.165) is 12.3 Å². The van der Waals surface area contributed by atoms with Gasteiger partial charge in [-0.1, -0.05) is 20.8 Å². The molecule has 0 aromatic heterocycles. The highest BCUT2D eigenvalue weighted by atomic mass is 16.6. The Hall–Kier alpha value is -0.530. The maximum Gasteiger partial charge on any atom is 0.309 e. The molecule has 2 saturated carbocycles. The van der Waals surface area contributed by atoms with E-state index in [0.29, 0.717) is 17.9 Å². The third-order valence-corrected chi connectivity index (χ3v) is 3.90. The highest BCUT2D eigenvalue weighted by Crippen LogP contribution is 2.57. The zero-order chi connectivity index (χ0) is 9.59. The molecule has 74 valence electrons. The standard InChI is InChI=1S/C9H12O2.C2H6/c1-4-5-2-6-7(3-5)11-9(10)8(4)6;1-2/h4-8H,2-3H2,1H3;1-2H3. The second-order valence-electron chi connectivity index (χ2n) is 4.26. The predicted molar refractivity (Wildman–Crippen MR) is 50.1 cm³/mol. The number of esters is 1. The first kappa shape index (κ1) is 9.04. The lowest BCUT2D eigenvalue weighted by molar-refractivity contribution is -0.143. The summed E-state index contributed by atoms with van der Waals surface area (Å²) in [5.41, 5.74) is 0. The van der Waals surface area contributed by atoms with Crippen LogP contribution in [0, 0.1) is 23.7 Å². The first-order valence-corrected chi connectivity index (χ1v) is 5.48. The van der Waals surface area contributed by atoms with E-state index in [-0.39, 0.29) is 11.9 Å². The van der Waals surface area contributed by atoms with Gasteiger partial charge in [0.25, 0.3) is 0 Å². The van der Waals surface area contributed by atoms with Crippen molar-refractivity contribution in [1.82, 2.24) is 0 Å². The van der Waals surface area contributed by atoms with Crippen LogP contribution in [0.3, 0.4) is 0 Å². The molecule has 1 heterocycles. The third-order valence-electron chi connectivity index (χ3n) is 3.90. The van der Waals surface area contributed by atoms with Crippen molar-refractivity contribution >= 4 is 5.97 Å². The first-order valence-electron chi connectivity index (χ1n) is 5.48. The molecule has 0 N–H and O–H groups in total. The average molecular weight is 182 g/mol. The van der Waals surface area contributed by atoms with Gasteiger partial charge in [0, 0.05) is 5.92 Å². The van der Waals surface area contributed by atoms with Gasteiger partial charge in [-0.3, -0.25) is 4.79 Å². The number of carbonyl (C=O) groups is 1. The Morgan fingerprint density at radius 3 is 2.54 bits per heavy atom. The Kier molecular flexibility index (Phi) is 2.09. The van der Waals surface area contributed by atoms with Crippen molar-refractivity contribution in [3.63, 3.8) is 0 Å². The van der Waals surface area contributed by atoms with E-state index < -0.39 is 0 Å². The van der Waals surface area contributed by atoms with E-state index in [1.165, 1.54) is 6.42 Å². The summed E-state index contributed by atoms with van der Waals surface area (Å²) in [6, 6.07) is 0. The van der Waals surface area contributed by atoms with Gasteiger partial charge in [0.2, 0.25) is 0 Å². The molecule has 0 aromatic carbocycles. The Morgan fingerprint density at radius 1 is 1.31 bits per heavy atom. The number of carbonyl (C=O) groups excluding carboxylic acids is 1. The predicted octanol–water partition coefficient (Wildman–Crippen LogP) is 2.23. The average Bonchev–Trinajstić information content (AvgIpc) is 2.69. The summed E-state index contributed by atoms with van der Waals surface area (Å²) < 4.78 is 5.27. The van der Waals surface area contributed by atoms with Gasteiger partial charge in [-0.05, 0) is 24.7 Å². The molecule has 5 atom stereocenters. The minimum Gasteiger partial charge on any atom is -0.462 e. The van der Waals surface area contributed by atoms with Crippen LogP contribution in [0.15, 0.2) is 0 Å². The summed E-state index contributed by atoms with van der Waals surface area (Å²) in [4.78, 5) is 11.3. The molecule has 0 aromatic rings. The zero-order valence-corrected chi connectivity index (χ0v) is 8.62. The molecular weight excluding hydrogens is 164 g/mol. The summed E-state index contributed by atoms with van der Waals surface area (Å²) in [7, 11) is 0. The monoisotopic (exact) mass is 182 g/mol. The first-order chi connectivity index (χ1) is 6.27. The highest BCUT2D eigenvalue weighted by molar-refractivity contribution is 5.76. The summed E-state index contributed by atoms with van der Waals surface area (Å²) in [5.74, 6) is 2.36. The van der Waals surface area contributed by atoms with E-state index in [1.807, 2.05) is 13.8 Å². The topological polar surface area (TPSA) is 26.3 Å². The fraction of sp³-hybridized carbons (Fsp3) is 0.909. The van der Waals surface area contributed by atoms with Gasteiger partial charge >= 0.3 is 5.97 Å². The SMILES string of the molecule is CC.CC1C2CC3OC(=O)C1C3C2. The molecule has 0 amide bonds. The summed E-state index contributed by atoms with van der Waals surface area (Å²) in [5, 5.41) is 0. The Balaban J connectivity index is 0.000000308. The van der Waals surface area contributed by atoms with Crippen molar-refractivity contribution in [3.8, 4) is 0 Å². The quantitative estimate of drug-likeness (QED) is 0.537. The van der Waals surface area contributed by atoms with Crippen LogP contribution in [0.4, 0.5) is 0 Å². The lowest BCUT2D eigenvalue weighted by Gasteiger charge is -2.19. The molecule has 13 heavy (non-hydrogen) atoms. The molecule has 2 bridgehead atoms. The molecule has 0 radical (unpaired) electrons. The Morgan fingerprint density at radius 2 is 2.00 bits per heavy atom. The third kappa shape index (κ3) is 1.04. The Bertz CT molecular complexity index is 222. The van der Waals surface area contributed by atoms with Gasteiger partial charge in [0.15, 0.2) is 0 Å². The fourth-order valence-corrected chi connectivity index (χ4v) is 3.31.